The molecule has 80 valence electrons. The molecule has 0 unspecified atom stereocenters. The lowest BCUT2D eigenvalue weighted by atomic mass is 10.2. The van der Waals surface area contributed by atoms with E-state index < -0.39 is 11.9 Å². The van der Waals surface area contributed by atoms with E-state index >= 15 is 0 Å². The van der Waals surface area contributed by atoms with Gasteiger partial charge in [-0.3, -0.25) is 25.4 Å². The average Bonchev–Trinajstić information content (AvgIpc) is 2.18. The van der Waals surface area contributed by atoms with Crippen LogP contribution in [-0.2, 0) is 4.79 Å². The van der Waals surface area contributed by atoms with Gasteiger partial charge in [0.2, 0.25) is 0 Å². The second-order valence-corrected chi connectivity index (χ2v) is 3.16. The van der Waals surface area contributed by atoms with Crippen molar-refractivity contribution in [1.82, 2.24) is 9.80 Å². The van der Waals surface area contributed by atoms with Gasteiger partial charge in [-0.25, -0.2) is 4.79 Å². The van der Waals surface area contributed by atoms with Crippen LogP contribution in [0.2, 0.25) is 0 Å². The number of nitrogens with one attached hydrogen (secondary N) is 1. The smallest absolute Gasteiger partial charge is 0.288 e. The molecule has 0 radical (unpaired) electrons. The van der Waals surface area contributed by atoms with Crippen LogP contribution in [0.25, 0.3) is 0 Å². The number of amides is 3. The van der Waals surface area contributed by atoms with E-state index in [9.17, 15) is 9.59 Å². The van der Waals surface area contributed by atoms with E-state index in [4.69, 9.17) is 10.8 Å². The number of amidine groups is 2. The molecule has 0 aromatic heterocycles. The molecule has 0 aliphatic carbocycles. The Kier molecular flexibility index (Phi) is 2.65. The summed E-state index contributed by atoms with van der Waals surface area (Å²) in [6.07, 6.45) is 0. The predicted molar refractivity (Wildman–Crippen MR) is 53.7 cm³/mol. The first-order valence-electron chi connectivity index (χ1n) is 4.18. The molecule has 3 N–H and O–H groups in total. The quantitative estimate of drug-likeness (QED) is 0.360. The lowest BCUT2D eigenvalue weighted by molar-refractivity contribution is -0.121. The second-order valence-electron chi connectivity index (χ2n) is 3.16. The van der Waals surface area contributed by atoms with Gasteiger partial charge in [0.05, 0.1) is 0 Å². The van der Waals surface area contributed by atoms with Crippen molar-refractivity contribution in [2.24, 2.45) is 4.99 Å². The number of aliphatic imine (C=N–C) groups is 1. The first-order chi connectivity index (χ1) is 6.86. The molecule has 0 aromatic carbocycles. The lowest BCUT2D eigenvalue weighted by Crippen LogP contribution is -2.57. The fourth-order valence-electron chi connectivity index (χ4n) is 1.10. The molecule has 15 heavy (non-hydrogen) atoms. The summed E-state index contributed by atoms with van der Waals surface area (Å²) in [5, 5.41) is 12.9. The summed E-state index contributed by atoms with van der Waals surface area (Å²) in [7, 11) is 2.73. The minimum atomic E-state index is -0.618. The molecule has 1 fully saturated rings. The van der Waals surface area contributed by atoms with Gasteiger partial charge in [0, 0.05) is 21.0 Å². The van der Waals surface area contributed by atoms with Crippen molar-refractivity contribution >= 4 is 29.3 Å². The van der Waals surface area contributed by atoms with Gasteiger partial charge in [-0.1, -0.05) is 0 Å². The summed E-state index contributed by atoms with van der Waals surface area (Å²) >= 11 is 0. The number of carbonyl (C=O) groups excluding carboxylic acids is 2. The molecule has 0 atom stereocenters. The summed E-state index contributed by atoms with van der Waals surface area (Å²) in [4.78, 5) is 28.6. The van der Waals surface area contributed by atoms with Gasteiger partial charge in [0.25, 0.3) is 11.5 Å². The molecule has 0 aromatic rings. The number of rotatable bonds is 0. The summed E-state index contributed by atoms with van der Waals surface area (Å²) in [6.45, 7) is 1.50. The maximum atomic E-state index is 11.6. The molecule has 0 saturated carbocycles. The lowest BCUT2D eigenvalue weighted by Gasteiger charge is -2.27. The zero-order chi connectivity index (χ0) is 11.7. The Balaban J connectivity index is 3.19. The van der Waals surface area contributed by atoms with E-state index in [0.29, 0.717) is 0 Å². The van der Waals surface area contributed by atoms with Gasteiger partial charge in [-0.15, -0.1) is 0 Å². The fraction of sp³-hybridized carbons (Fsp3) is 0.375. The van der Waals surface area contributed by atoms with Crippen molar-refractivity contribution in [3.8, 4) is 0 Å². The number of imide groups is 1. The van der Waals surface area contributed by atoms with Gasteiger partial charge in [0.15, 0.2) is 5.84 Å². The van der Waals surface area contributed by atoms with Crippen LogP contribution in [-0.4, -0.2) is 53.2 Å². The maximum Gasteiger partial charge on any atom is 0.332 e. The van der Waals surface area contributed by atoms with Crippen LogP contribution < -0.4 is 5.41 Å². The monoisotopic (exact) mass is 210 g/mol. The van der Waals surface area contributed by atoms with Crippen molar-refractivity contribution in [3.63, 3.8) is 0 Å². The molecule has 1 heterocycles. The zero-order valence-electron chi connectivity index (χ0n) is 8.74. The summed E-state index contributed by atoms with van der Waals surface area (Å²) in [5.41, 5.74) is -0.125. The topological polar surface area (TPSA) is 102 Å². The van der Waals surface area contributed by atoms with E-state index in [1.807, 2.05) is 0 Å². The van der Waals surface area contributed by atoms with Gasteiger partial charge in [-0.2, -0.15) is 0 Å². The van der Waals surface area contributed by atoms with Crippen LogP contribution in [0.1, 0.15) is 6.92 Å². The zero-order valence-corrected chi connectivity index (χ0v) is 8.74. The van der Waals surface area contributed by atoms with Crippen LogP contribution in [0, 0.1) is 5.41 Å². The van der Waals surface area contributed by atoms with Crippen molar-refractivity contribution in [3.05, 3.63) is 0 Å². The SMILES string of the molecule is CC(=[NH2+])N=C1C(=N)N(C)C(=O)N(C)C1=O. The van der Waals surface area contributed by atoms with E-state index in [1.165, 1.54) is 21.0 Å². The van der Waals surface area contributed by atoms with Gasteiger partial charge < -0.3 is 0 Å². The Hall–Kier alpha value is -2.05. The predicted octanol–water partition coefficient (Wildman–Crippen LogP) is -1.89. The summed E-state index contributed by atoms with van der Waals surface area (Å²) < 4.78 is 0. The minimum Gasteiger partial charge on any atom is -0.288 e. The second kappa shape index (κ2) is 3.60. The van der Waals surface area contributed by atoms with Crippen molar-refractivity contribution < 1.29 is 15.0 Å². The van der Waals surface area contributed by atoms with Crippen LogP contribution >= 0.6 is 0 Å². The number of nitrogens with zero attached hydrogens (tertiary/aromatic N) is 3. The highest BCUT2D eigenvalue weighted by Crippen LogP contribution is 2.06. The first kappa shape index (κ1) is 11.0. The third-order valence-electron chi connectivity index (χ3n) is 1.93. The highest BCUT2D eigenvalue weighted by Gasteiger charge is 2.40. The summed E-state index contributed by atoms with van der Waals surface area (Å²) in [5.74, 6) is -0.694. The number of urea groups is 1. The number of carbonyl (C=O) groups is 2. The largest absolute Gasteiger partial charge is 0.332 e. The molecule has 7 heteroatoms. The van der Waals surface area contributed by atoms with E-state index in [1.54, 1.807) is 0 Å². The number of nitrogens with two attached hydrogens (primary N) is 1. The molecule has 1 saturated heterocycles. The van der Waals surface area contributed by atoms with Crippen molar-refractivity contribution in [2.45, 2.75) is 6.92 Å². The Labute approximate surface area is 86.4 Å². The van der Waals surface area contributed by atoms with Crippen LogP contribution in [0.3, 0.4) is 0 Å². The minimum absolute atomic E-state index is 0.125. The van der Waals surface area contributed by atoms with Gasteiger partial charge >= 0.3 is 11.9 Å². The standard InChI is InChI=1S/C8H11N5O2/c1-4(9)11-5-6(10)12(2)8(15)13(3)7(5)14/h9-10H,1-3H3/p+1. The molecular weight excluding hydrogens is 198 g/mol. The molecule has 1 rings (SSSR count). The first-order valence-corrected chi connectivity index (χ1v) is 4.18. The van der Waals surface area contributed by atoms with Gasteiger partial charge in [0.1, 0.15) is 0 Å². The van der Waals surface area contributed by atoms with Crippen molar-refractivity contribution in [2.75, 3.05) is 14.1 Å². The van der Waals surface area contributed by atoms with Crippen LogP contribution in [0.4, 0.5) is 4.79 Å². The van der Waals surface area contributed by atoms with E-state index in [0.717, 1.165) is 9.80 Å². The highest BCUT2D eigenvalue weighted by molar-refractivity contribution is 6.69. The molecule has 3 amide bonds. The average molecular weight is 210 g/mol. The Bertz CT molecular complexity index is 372. The van der Waals surface area contributed by atoms with E-state index in [-0.39, 0.29) is 17.4 Å². The Morgan fingerprint density at radius 3 is 2.33 bits per heavy atom. The molecular formula is C8H12N5O2+. The molecule has 1 aliphatic heterocycles. The van der Waals surface area contributed by atoms with Crippen molar-refractivity contribution in [1.29, 1.82) is 5.41 Å². The van der Waals surface area contributed by atoms with Crippen LogP contribution in [0.5, 0.6) is 0 Å². The Morgan fingerprint density at radius 2 is 1.87 bits per heavy atom. The third kappa shape index (κ3) is 1.76. The van der Waals surface area contributed by atoms with E-state index in [2.05, 4.69) is 4.99 Å². The number of hydrogen-bond donors (Lipinski definition) is 2. The normalized spacial score (nSPS) is 20.2. The summed E-state index contributed by atoms with van der Waals surface area (Å²) in [6, 6.07) is -0.557. The molecule has 7 nitrogen and oxygen atoms in total. The van der Waals surface area contributed by atoms with Crippen LogP contribution in [0.15, 0.2) is 4.99 Å². The molecule has 1 aliphatic rings. The Morgan fingerprint density at radius 1 is 1.33 bits per heavy atom. The third-order valence-corrected chi connectivity index (χ3v) is 1.93. The maximum absolute atomic E-state index is 11.6. The highest BCUT2D eigenvalue weighted by atomic mass is 16.2. The fourth-order valence-corrected chi connectivity index (χ4v) is 1.10. The number of hydrogen-bond acceptors (Lipinski definition) is 3. The molecule has 0 bridgehead atoms. The molecule has 0 spiro atoms. The van der Waals surface area contributed by atoms with Gasteiger partial charge in [-0.05, 0) is 4.99 Å².